The predicted octanol–water partition coefficient (Wildman–Crippen LogP) is 6.09. The van der Waals surface area contributed by atoms with E-state index in [-0.39, 0.29) is 22.8 Å². The smallest absolute Gasteiger partial charge is 0.346 e. The zero-order chi connectivity index (χ0) is 27.2. The molecule has 0 fully saturated rings. The summed E-state index contributed by atoms with van der Waals surface area (Å²) in [6.45, 7) is 7.14. The van der Waals surface area contributed by atoms with E-state index in [1.54, 1.807) is 18.2 Å². The second kappa shape index (κ2) is 11.7. The fourth-order valence-electron chi connectivity index (χ4n) is 4.13. The van der Waals surface area contributed by atoms with Crippen molar-refractivity contribution in [1.29, 1.82) is 5.26 Å². The number of fused-ring (bicyclic) bond motifs is 1. The number of esters is 1. The van der Waals surface area contributed by atoms with Gasteiger partial charge in [0.1, 0.15) is 29.0 Å². The van der Waals surface area contributed by atoms with Crippen LogP contribution in [0.2, 0.25) is 0 Å². The Hall–Kier alpha value is -4.51. The summed E-state index contributed by atoms with van der Waals surface area (Å²) in [7, 11) is 0. The molecule has 7 nitrogen and oxygen atoms in total. The highest BCUT2D eigenvalue weighted by Crippen LogP contribution is 2.45. The number of rotatable bonds is 9. The SMILES string of the molecule is CCOc1cc(C2C(C#N)=C(N)Oc3cc(OC(=O)c4ccccc4F)ccc32)ccc1OCCC(C)C. The number of allylic oxidation sites excluding steroid dienone is 1. The minimum atomic E-state index is -0.842. The van der Waals surface area contributed by atoms with E-state index in [1.165, 1.54) is 24.3 Å². The van der Waals surface area contributed by atoms with Gasteiger partial charge in [0.15, 0.2) is 11.5 Å². The maximum Gasteiger partial charge on any atom is 0.346 e. The number of carbonyl (C=O) groups is 1. The Kier molecular flexibility index (Phi) is 8.17. The Balaban J connectivity index is 1.67. The summed E-state index contributed by atoms with van der Waals surface area (Å²) in [6, 6.07) is 18.0. The van der Waals surface area contributed by atoms with Gasteiger partial charge in [0.2, 0.25) is 5.88 Å². The molecule has 8 heteroatoms. The van der Waals surface area contributed by atoms with Gasteiger partial charge in [0.25, 0.3) is 0 Å². The first-order valence-electron chi connectivity index (χ1n) is 12.4. The second-order valence-corrected chi connectivity index (χ2v) is 9.16. The molecule has 4 rings (SSSR count). The van der Waals surface area contributed by atoms with Crippen molar-refractivity contribution in [3.8, 4) is 29.1 Å². The van der Waals surface area contributed by atoms with Crippen molar-refractivity contribution in [1.82, 2.24) is 0 Å². The number of nitrogens with two attached hydrogens (primary N) is 1. The van der Waals surface area contributed by atoms with Crippen LogP contribution < -0.4 is 24.7 Å². The van der Waals surface area contributed by atoms with Crippen LogP contribution in [0.4, 0.5) is 4.39 Å². The molecule has 1 heterocycles. The van der Waals surface area contributed by atoms with Gasteiger partial charge in [-0.2, -0.15) is 5.26 Å². The molecular formula is C30H29FN2O5. The van der Waals surface area contributed by atoms with Gasteiger partial charge < -0.3 is 24.7 Å². The van der Waals surface area contributed by atoms with Crippen LogP contribution >= 0.6 is 0 Å². The summed E-state index contributed by atoms with van der Waals surface area (Å²) < 4.78 is 36.9. The fraction of sp³-hybridized carbons (Fsp3) is 0.267. The molecule has 0 bridgehead atoms. The van der Waals surface area contributed by atoms with E-state index >= 15 is 0 Å². The normalized spacial score (nSPS) is 14.4. The number of nitrogens with zero attached hydrogens (tertiary/aromatic N) is 1. The first-order valence-corrected chi connectivity index (χ1v) is 12.4. The zero-order valence-electron chi connectivity index (χ0n) is 21.5. The molecule has 0 saturated carbocycles. The summed E-state index contributed by atoms with van der Waals surface area (Å²) in [6.07, 6.45) is 0.905. The third-order valence-electron chi connectivity index (χ3n) is 6.05. The lowest BCUT2D eigenvalue weighted by Gasteiger charge is -2.27. The third-order valence-corrected chi connectivity index (χ3v) is 6.05. The molecule has 3 aromatic carbocycles. The second-order valence-electron chi connectivity index (χ2n) is 9.16. The molecule has 2 N–H and O–H groups in total. The van der Waals surface area contributed by atoms with Gasteiger partial charge in [-0.25, -0.2) is 9.18 Å². The molecule has 0 aromatic heterocycles. The fourth-order valence-corrected chi connectivity index (χ4v) is 4.13. The van der Waals surface area contributed by atoms with E-state index in [0.29, 0.717) is 41.9 Å². The number of ether oxygens (including phenoxy) is 4. The largest absolute Gasteiger partial charge is 0.490 e. The Morgan fingerprint density at radius 2 is 1.89 bits per heavy atom. The van der Waals surface area contributed by atoms with Gasteiger partial charge in [-0.1, -0.05) is 38.1 Å². The van der Waals surface area contributed by atoms with Crippen molar-refractivity contribution in [2.45, 2.75) is 33.1 Å². The number of carbonyl (C=O) groups excluding carboxylic acids is 1. The van der Waals surface area contributed by atoms with Crippen molar-refractivity contribution < 1.29 is 28.1 Å². The number of nitriles is 1. The monoisotopic (exact) mass is 516 g/mol. The summed E-state index contributed by atoms with van der Waals surface area (Å²) >= 11 is 0. The average molecular weight is 517 g/mol. The molecule has 0 saturated heterocycles. The lowest BCUT2D eigenvalue weighted by Crippen LogP contribution is -2.21. The standard InChI is InChI=1S/C30H29FN2O5/c1-4-35-27-15-19(9-12-25(27)36-14-13-18(2)3)28-22-11-10-20(16-26(22)38-29(33)23(28)17-32)37-30(34)21-7-5-6-8-24(21)31/h5-12,15-16,18,28H,4,13-14,33H2,1-3H3. The van der Waals surface area contributed by atoms with Crippen molar-refractivity contribution >= 4 is 5.97 Å². The molecule has 0 spiro atoms. The van der Waals surface area contributed by atoms with Crippen LogP contribution in [0.1, 0.15) is 54.6 Å². The Morgan fingerprint density at radius 3 is 2.61 bits per heavy atom. The molecular weight excluding hydrogens is 487 g/mol. The van der Waals surface area contributed by atoms with E-state index in [1.807, 2.05) is 25.1 Å². The average Bonchev–Trinajstić information content (AvgIpc) is 2.88. The highest BCUT2D eigenvalue weighted by Gasteiger charge is 2.32. The van der Waals surface area contributed by atoms with Crippen molar-refractivity contribution in [3.05, 3.63) is 94.6 Å². The molecule has 0 aliphatic carbocycles. The van der Waals surface area contributed by atoms with Crippen molar-refractivity contribution in [2.75, 3.05) is 13.2 Å². The maximum absolute atomic E-state index is 14.0. The van der Waals surface area contributed by atoms with Crippen LogP contribution in [0.25, 0.3) is 0 Å². The number of benzene rings is 3. The molecule has 1 atom stereocenters. The Labute approximate surface area is 221 Å². The molecule has 0 radical (unpaired) electrons. The lowest BCUT2D eigenvalue weighted by atomic mass is 9.83. The summed E-state index contributed by atoms with van der Waals surface area (Å²) in [4.78, 5) is 12.5. The van der Waals surface area contributed by atoms with Crippen LogP contribution in [0.15, 0.2) is 72.1 Å². The van der Waals surface area contributed by atoms with E-state index in [4.69, 9.17) is 24.7 Å². The van der Waals surface area contributed by atoms with Gasteiger partial charge in [-0.05, 0) is 55.2 Å². The van der Waals surface area contributed by atoms with Gasteiger partial charge >= 0.3 is 5.97 Å². The van der Waals surface area contributed by atoms with E-state index in [9.17, 15) is 14.4 Å². The quantitative estimate of drug-likeness (QED) is 0.271. The molecule has 1 unspecified atom stereocenters. The highest BCUT2D eigenvalue weighted by atomic mass is 19.1. The maximum atomic E-state index is 14.0. The van der Waals surface area contributed by atoms with Crippen LogP contribution in [0.5, 0.6) is 23.0 Å². The Morgan fingerprint density at radius 1 is 1.11 bits per heavy atom. The molecule has 1 aliphatic rings. The van der Waals surface area contributed by atoms with Crippen molar-refractivity contribution in [3.63, 3.8) is 0 Å². The molecule has 3 aromatic rings. The van der Waals surface area contributed by atoms with E-state index in [2.05, 4.69) is 19.9 Å². The van der Waals surface area contributed by atoms with Crippen molar-refractivity contribution in [2.24, 2.45) is 11.7 Å². The summed E-state index contributed by atoms with van der Waals surface area (Å²) in [5, 5.41) is 9.91. The van der Waals surface area contributed by atoms with Crippen LogP contribution in [-0.4, -0.2) is 19.2 Å². The molecule has 196 valence electrons. The predicted molar refractivity (Wildman–Crippen MR) is 140 cm³/mol. The first-order chi connectivity index (χ1) is 18.3. The lowest BCUT2D eigenvalue weighted by molar-refractivity contribution is 0.0729. The first kappa shape index (κ1) is 26.6. The summed E-state index contributed by atoms with van der Waals surface area (Å²) in [5.41, 5.74) is 7.60. The summed E-state index contributed by atoms with van der Waals surface area (Å²) in [5.74, 6) is 0.0221. The topological polar surface area (TPSA) is 104 Å². The molecule has 1 aliphatic heterocycles. The Bertz CT molecular complexity index is 1410. The minimum Gasteiger partial charge on any atom is -0.490 e. The number of hydrogen-bond acceptors (Lipinski definition) is 7. The minimum absolute atomic E-state index is 0.0576. The number of halogens is 1. The van der Waals surface area contributed by atoms with Gasteiger partial charge in [-0.15, -0.1) is 0 Å². The molecule has 38 heavy (non-hydrogen) atoms. The van der Waals surface area contributed by atoms with Gasteiger partial charge in [0, 0.05) is 11.6 Å². The van der Waals surface area contributed by atoms with Crippen LogP contribution in [0.3, 0.4) is 0 Å². The number of hydrogen-bond donors (Lipinski definition) is 1. The van der Waals surface area contributed by atoms with Gasteiger partial charge in [0.05, 0.1) is 24.7 Å². The zero-order valence-corrected chi connectivity index (χ0v) is 21.5. The van der Waals surface area contributed by atoms with Gasteiger partial charge in [-0.3, -0.25) is 0 Å². The molecule has 0 amide bonds. The van der Waals surface area contributed by atoms with Crippen LogP contribution in [0, 0.1) is 23.1 Å². The van der Waals surface area contributed by atoms with Crippen LogP contribution in [-0.2, 0) is 0 Å². The highest BCUT2D eigenvalue weighted by molar-refractivity contribution is 5.91. The van der Waals surface area contributed by atoms with E-state index in [0.717, 1.165) is 12.0 Å². The van der Waals surface area contributed by atoms with E-state index < -0.39 is 17.7 Å². The third kappa shape index (κ3) is 5.73.